The fourth-order valence-corrected chi connectivity index (χ4v) is 3.36. The van der Waals surface area contributed by atoms with E-state index in [-0.39, 0.29) is 34.6 Å². The average molecular weight is 313 g/mol. The minimum atomic E-state index is -3.03. The van der Waals surface area contributed by atoms with E-state index in [1.807, 2.05) is 0 Å². The number of nitrogens with two attached hydrogens (primary N) is 1. The molecule has 1 fully saturated rings. The largest absolute Gasteiger partial charge is 0.389 e. The van der Waals surface area contributed by atoms with Gasteiger partial charge in [0.15, 0.2) is 9.84 Å². The summed E-state index contributed by atoms with van der Waals surface area (Å²) in [6.45, 7) is 0.636. The highest BCUT2D eigenvalue weighted by Gasteiger charge is 2.23. The summed E-state index contributed by atoms with van der Waals surface area (Å²) < 4.78 is 23.0. The van der Waals surface area contributed by atoms with Crippen molar-refractivity contribution in [2.24, 2.45) is 5.73 Å². The number of carbonyl (C=O) groups excluding carboxylic acids is 1. The number of rotatable bonds is 2. The molecule has 0 spiro atoms. The smallest absolute Gasteiger partial charge is 0.272 e. The van der Waals surface area contributed by atoms with Gasteiger partial charge in [0.05, 0.1) is 11.5 Å². The van der Waals surface area contributed by atoms with E-state index in [2.05, 4.69) is 4.98 Å². The Bertz CT molecular complexity index is 626. The molecule has 0 radical (unpaired) electrons. The molecule has 8 heteroatoms. The van der Waals surface area contributed by atoms with Crippen LogP contribution >= 0.6 is 12.2 Å². The molecule has 2 N–H and O–H groups in total. The Kier molecular flexibility index (Phi) is 4.34. The van der Waals surface area contributed by atoms with Crippen LogP contribution in [0.3, 0.4) is 0 Å². The van der Waals surface area contributed by atoms with Gasteiger partial charge in [-0.2, -0.15) is 0 Å². The van der Waals surface area contributed by atoms with Gasteiger partial charge in [-0.25, -0.2) is 8.42 Å². The highest BCUT2D eigenvalue weighted by atomic mass is 32.2. The zero-order valence-electron chi connectivity index (χ0n) is 10.8. The molecule has 0 atom stereocenters. The molecule has 0 bridgehead atoms. The molecule has 1 aromatic heterocycles. The van der Waals surface area contributed by atoms with Crippen LogP contribution in [-0.2, 0) is 9.84 Å². The molecule has 0 saturated carbocycles. The number of amides is 1. The maximum atomic E-state index is 12.2. The summed E-state index contributed by atoms with van der Waals surface area (Å²) >= 11 is 4.82. The number of aromatic nitrogens is 1. The van der Waals surface area contributed by atoms with Crippen molar-refractivity contribution in [3.63, 3.8) is 0 Å². The number of nitrogens with zero attached hydrogens (tertiary/aromatic N) is 2. The molecule has 1 aliphatic rings. The molecule has 108 valence electrons. The van der Waals surface area contributed by atoms with Gasteiger partial charge in [-0.05, 0) is 18.6 Å². The van der Waals surface area contributed by atoms with Crippen molar-refractivity contribution in [3.05, 3.63) is 29.6 Å². The summed E-state index contributed by atoms with van der Waals surface area (Å²) in [5, 5.41) is 0. The van der Waals surface area contributed by atoms with Crippen molar-refractivity contribution in [3.8, 4) is 0 Å². The van der Waals surface area contributed by atoms with Crippen LogP contribution in [0.15, 0.2) is 18.3 Å². The molecule has 6 nitrogen and oxygen atoms in total. The monoisotopic (exact) mass is 313 g/mol. The summed E-state index contributed by atoms with van der Waals surface area (Å²) in [6.07, 6.45) is 1.91. The minimum Gasteiger partial charge on any atom is -0.389 e. The van der Waals surface area contributed by atoms with Crippen LogP contribution in [0.2, 0.25) is 0 Å². The summed E-state index contributed by atoms with van der Waals surface area (Å²) in [7, 11) is -3.03. The molecule has 2 rings (SSSR count). The minimum absolute atomic E-state index is 0.00368. The molecular weight excluding hydrogens is 298 g/mol. The molecule has 1 aromatic rings. The van der Waals surface area contributed by atoms with Crippen molar-refractivity contribution in [2.75, 3.05) is 24.6 Å². The SMILES string of the molecule is NC(=S)c1ccc(C(=O)N2CCCS(=O)(=O)CC2)nc1. The van der Waals surface area contributed by atoms with Gasteiger partial charge in [0.2, 0.25) is 0 Å². The number of sulfone groups is 1. The molecule has 1 aliphatic heterocycles. The lowest BCUT2D eigenvalue weighted by Gasteiger charge is -2.19. The first-order valence-corrected chi connectivity index (χ1v) is 8.37. The van der Waals surface area contributed by atoms with E-state index in [9.17, 15) is 13.2 Å². The van der Waals surface area contributed by atoms with Gasteiger partial charge in [0.25, 0.3) is 5.91 Å². The van der Waals surface area contributed by atoms with Crippen molar-refractivity contribution >= 4 is 33.0 Å². The van der Waals surface area contributed by atoms with E-state index in [4.69, 9.17) is 18.0 Å². The maximum Gasteiger partial charge on any atom is 0.272 e. The molecule has 20 heavy (non-hydrogen) atoms. The van der Waals surface area contributed by atoms with E-state index >= 15 is 0 Å². The third-order valence-electron chi connectivity index (χ3n) is 3.11. The lowest BCUT2D eigenvalue weighted by molar-refractivity contribution is 0.0762. The van der Waals surface area contributed by atoms with Gasteiger partial charge >= 0.3 is 0 Å². The quantitative estimate of drug-likeness (QED) is 0.771. The second kappa shape index (κ2) is 5.84. The van der Waals surface area contributed by atoms with Crippen molar-refractivity contribution in [2.45, 2.75) is 6.42 Å². The Morgan fingerprint density at radius 2 is 2.05 bits per heavy atom. The van der Waals surface area contributed by atoms with Gasteiger partial charge in [-0.3, -0.25) is 9.78 Å². The van der Waals surface area contributed by atoms with E-state index in [0.717, 1.165) is 0 Å². The third-order valence-corrected chi connectivity index (χ3v) is 5.06. The zero-order valence-corrected chi connectivity index (χ0v) is 12.4. The van der Waals surface area contributed by atoms with Gasteiger partial charge in [0, 0.05) is 24.8 Å². The Morgan fingerprint density at radius 1 is 1.30 bits per heavy atom. The standard InChI is InChI=1S/C12H15N3O3S2/c13-11(19)9-2-3-10(14-8-9)12(16)15-4-1-6-20(17,18)7-5-15/h2-3,8H,1,4-7H2,(H2,13,19). The second-order valence-corrected chi connectivity index (χ2v) is 7.34. The van der Waals surface area contributed by atoms with Crippen LogP contribution in [0.1, 0.15) is 22.5 Å². The highest BCUT2D eigenvalue weighted by Crippen LogP contribution is 2.09. The van der Waals surface area contributed by atoms with E-state index in [1.54, 1.807) is 12.1 Å². The summed E-state index contributed by atoms with van der Waals surface area (Å²) in [6, 6.07) is 3.19. The van der Waals surface area contributed by atoms with Crippen molar-refractivity contribution in [1.82, 2.24) is 9.88 Å². The molecule has 0 unspecified atom stereocenters. The molecule has 2 heterocycles. The first kappa shape index (κ1) is 14.9. The second-order valence-electron chi connectivity index (χ2n) is 4.59. The third kappa shape index (κ3) is 3.51. The topological polar surface area (TPSA) is 93.4 Å². The van der Waals surface area contributed by atoms with Crippen LogP contribution in [0.5, 0.6) is 0 Å². The zero-order chi connectivity index (χ0) is 14.8. The molecule has 0 aliphatic carbocycles. The Morgan fingerprint density at radius 3 is 2.65 bits per heavy atom. The number of hydrogen-bond acceptors (Lipinski definition) is 5. The molecular formula is C12H15N3O3S2. The van der Waals surface area contributed by atoms with Crippen LogP contribution in [-0.4, -0.2) is 53.8 Å². The predicted molar refractivity (Wildman–Crippen MR) is 79.3 cm³/mol. The summed E-state index contributed by atoms with van der Waals surface area (Å²) in [5.74, 6) is -0.134. The van der Waals surface area contributed by atoms with E-state index < -0.39 is 9.84 Å². The fraction of sp³-hybridized carbons (Fsp3) is 0.417. The number of hydrogen-bond donors (Lipinski definition) is 1. The fourth-order valence-electron chi connectivity index (χ4n) is 1.97. The Balaban J connectivity index is 2.12. The molecule has 1 amide bonds. The van der Waals surface area contributed by atoms with Crippen molar-refractivity contribution in [1.29, 1.82) is 0 Å². The van der Waals surface area contributed by atoms with Gasteiger partial charge in [-0.15, -0.1) is 0 Å². The lowest BCUT2D eigenvalue weighted by Crippen LogP contribution is -2.34. The van der Waals surface area contributed by atoms with Gasteiger partial charge in [-0.1, -0.05) is 12.2 Å². The van der Waals surface area contributed by atoms with E-state index in [1.165, 1.54) is 11.1 Å². The Hall–Kier alpha value is -1.54. The summed E-state index contributed by atoms with van der Waals surface area (Å²) in [4.78, 5) is 18.0. The van der Waals surface area contributed by atoms with E-state index in [0.29, 0.717) is 18.5 Å². The van der Waals surface area contributed by atoms with Crippen LogP contribution in [0, 0.1) is 0 Å². The van der Waals surface area contributed by atoms with Gasteiger partial charge in [0.1, 0.15) is 10.7 Å². The normalized spacial score (nSPS) is 18.3. The predicted octanol–water partition coefficient (Wildman–Crippen LogP) is -0.0235. The van der Waals surface area contributed by atoms with Crippen LogP contribution < -0.4 is 5.73 Å². The first-order valence-electron chi connectivity index (χ1n) is 6.14. The Labute approximate surface area is 122 Å². The molecule has 1 saturated heterocycles. The first-order chi connectivity index (χ1) is 9.39. The van der Waals surface area contributed by atoms with Crippen LogP contribution in [0.4, 0.5) is 0 Å². The summed E-state index contributed by atoms with van der Waals surface area (Å²) in [5.41, 5.74) is 6.32. The average Bonchev–Trinajstić information content (AvgIpc) is 2.59. The van der Waals surface area contributed by atoms with Crippen LogP contribution in [0.25, 0.3) is 0 Å². The number of thiocarbonyl (C=S) groups is 1. The van der Waals surface area contributed by atoms with Crippen molar-refractivity contribution < 1.29 is 13.2 Å². The lowest BCUT2D eigenvalue weighted by atomic mass is 10.2. The maximum absolute atomic E-state index is 12.2. The molecule has 0 aromatic carbocycles. The highest BCUT2D eigenvalue weighted by molar-refractivity contribution is 7.91. The number of pyridine rings is 1. The number of carbonyl (C=O) groups is 1. The van der Waals surface area contributed by atoms with Gasteiger partial charge < -0.3 is 10.6 Å².